The Labute approximate surface area is 320 Å². The Hall–Kier alpha value is -6.84. The van der Waals surface area contributed by atoms with Crippen LogP contribution in [0.25, 0.3) is 50.3 Å². The Morgan fingerprint density at radius 3 is 2.02 bits per heavy atom. The lowest BCUT2D eigenvalue weighted by Gasteiger charge is -2.27. The average Bonchev–Trinajstić information content (AvgIpc) is 3.84. The van der Waals surface area contributed by atoms with Crippen molar-refractivity contribution in [1.82, 2.24) is 0 Å². The van der Waals surface area contributed by atoms with Crippen LogP contribution in [0.4, 0.5) is 17.1 Å². The average molecular weight is 708 g/mol. The van der Waals surface area contributed by atoms with E-state index in [-0.39, 0.29) is 12.0 Å². The molecule has 2 atom stereocenters. The molecule has 0 spiro atoms. The summed E-state index contributed by atoms with van der Waals surface area (Å²) in [6.45, 7) is 0. The van der Waals surface area contributed by atoms with Crippen LogP contribution in [0.3, 0.4) is 0 Å². The fourth-order valence-electron chi connectivity index (χ4n) is 8.87. The third-order valence-electron chi connectivity index (χ3n) is 11.6. The molecule has 0 saturated carbocycles. The maximum atomic E-state index is 6.36. The molecule has 3 nitrogen and oxygen atoms in total. The molecule has 0 bridgehead atoms. The number of furan rings is 1. The minimum absolute atomic E-state index is 0.0627. The molecule has 3 aliphatic rings. The second kappa shape index (κ2) is 12.9. The SMILES string of the molecule is C1=CC(c2ccc(N(c3ccc(-c4ccccc4)cc3)c3ccc(C4C=Cc5ccc6oc7ccccc7c6c5C4)cc3)cc2)=C2c3ccccc3OC2C1. The standard InChI is InChI=1S/C52H37NO2/c1-2-9-34(10-3-1)35-19-26-40(27-20-35)53(42-30-23-37(24-31-42)43-13-8-16-49-51(43)44-11-4-6-14-47(44)54-49)41-28-21-36(22-29-41)39-18-17-38-25-32-50-52(46(38)33-39)45-12-5-7-15-48(45)55-50/h1-15,17-32,39,49H,16,33H2. The monoisotopic (exact) mass is 707 g/mol. The summed E-state index contributed by atoms with van der Waals surface area (Å²) >= 11 is 0. The predicted molar refractivity (Wildman–Crippen MR) is 227 cm³/mol. The zero-order chi connectivity index (χ0) is 36.3. The number of para-hydroxylation sites is 2. The van der Waals surface area contributed by atoms with Crippen LogP contribution in [0.5, 0.6) is 5.75 Å². The van der Waals surface area contributed by atoms with Gasteiger partial charge in [-0.15, -0.1) is 0 Å². The molecule has 11 rings (SSSR count). The van der Waals surface area contributed by atoms with E-state index in [2.05, 4.69) is 187 Å². The first kappa shape index (κ1) is 31.7. The van der Waals surface area contributed by atoms with Gasteiger partial charge >= 0.3 is 0 Å². The van der Waals surface area contributed by atoms with Gasteiger partial charge in [-0.2, -0.15) is 0 Å². The molecule has 8 aromatic rings. The van der Waals surface area contributed by atoms with Gasteiger partial charge < -0.3 is 14.1 Å². The molecule has 0 N–H and O–H groups in total. The lowest BCUT2D eigenvalue weighted by molar-refractivity contribution is 0.279. The van der Waals surface area contributed by atoms with Crippen molar-refractivity contribution < 1.29 is 9.15 Å². The molecule has 0 fully saturated rings. The molecule has 0 radical (unpaired) electrons. The van der Waals surface area contributed by atoms with Gasteiger partial charge in [-0.05, 0) is 100.0 Å². The molecular formula is C52H37NO2. The fourth-order valence-corrected chi connectivity index (χ4v) is 8.87. The van der Waals surface area contributed by atoms with E-state index in [1.54, 1.807) is 0 Å². The van der Waals surface area contributed by atoms with E-state index in [4.69, 9.17) is 9.15 Å². The number of fused-ring (bicyclic) bond motifs is 8. The molecule has 55 heavy (non-hydrogen) atoms. The third-order valence-corrected chi connectivity index (χ3v) is 11.6. The zero-order valence-corrected chi connectivity index (χ0v) is 30.2. The first-order chi connectivity index (χ1) is 27.2. The molecule has 0 saturated heterocycles. The maximum Gasteiger partial charge on any atom is 0.135 e. The maximum absolute atomic E-state index is 6.36. The highest BCUT2D eigenvalue weighted by molar-refractivity contribution is 6.08. The molecule has 1 aliphatic heterocycles. The number of allylic oxidation sites excluding steroid dienone is 3. The lowest BCUT2D eigenvalue weighted by Crippen LogP contribution is -2.14. The topological polar surface area (TPSA) is 25.6 Å². The molecule has 262 valence electrons. The van der Waals surface area contributed by atoms with Crippen molar-refractivity contribution >= 4 is 56.2 Å². The molecule has 2 aliphatic carbocycles. The van der Waals surface area contributed by atoms with Crippen LogP contribution in [0.2, 0.25) is 0 Å². The van der Waals surface area contributed by atoms with E-state index >= 15 is 0 Å². The Morgan fingerprint density at radius 1 is 0.545 bits per heavy atom. The first-order valence-corrected chi connectivity index (χ1v) is 19.2. The summed E-state index contributed by atoms with van der Waals surface area (Å²) in [5.41, 5.74) is 16.5. The van der Waals surface area contributed by atoms with Gasteiger partial charge in [0.05, 0.1) is 0 Å². The molecule has 2 heterocycles. The Balaban J connectivity index is 0.950. The van der Waals surface area contributed by atoms with E-state index in [1.807, 2.05) is 6.07 Å². The number of rotatable bonds is 6. The summed E-state index contributed by atoms with van der Waals surface area (Å²) < 4.78 is 12.6. The van der Waals surface area contributed by atoms with Crippen LogP contribution in [0.1, 0.15) is 40.2 Å². The molecule has 1 aromatic heterocycles. The van der Waals surface area contributed by atoms with Gasteiger partial charge in [0, 0.05) is 51.3 Å². The molecular weight excluding hydrogens is 671 g/mol. The molecule has 7 aromatic carbocycles. The third kappa shape index (κ3) is 5.42. The molecule has 2 unspecified atom stereocenters. The highest BCUT2D eigenvalue weighted by atomic mass is 16.5. The van der Waals surface area contributed by atoms with Crippen LogP contribution in [0.15, 0.2) is 186 Å². The zero-order valence-electron chi connectivity index (χ0n) is 30.2. The minimum Gasteiger partial charge on any atom is -0.485 e. The number of hydrogen-bond acceptors (Lipinski definition) is 3. The van der Waals surface area contributed by atoms with Crippen molar-refractivity contribution in [2.45, 2.75) is 24.9 Å². The molecule has 3 heteroatoms. The van der Waals surface area contributed by atoms with Gasteiger partial charge in [0.1, 0.15) is 23.0 Å². The summed E-state index contributed by atoms with van der Waals surface area (Å²) in [6.07, 6.45) is 11.0. The highest BCUT2D eigenvalue weighted by Crippen LogP contribution is 2.46. The van der Waals surface area contributed by atoms with Crippen LogP contribution >= 0.6 is 0 Å². The van der Waals surface area contributed by atoms with Gasteiger partial charge in [0.2, 0.25) is 0 Å². The largest absolute Gasteiger partial charge is 0.485 e. The Kier molecular flexibility index (Phi) is 7.44. The second-order valence-corrected chi connectivity index (χ2v) is 14.7. The highest BCUT2D eigenvalue weighted by Gasteiger charge is 2.32. The van der Waals surface area contributed by atoms with E-state index < -0.39 is 0 Å². The van der Waals surface area contributed by atoms with Crippen molar-refractivity contribution in [3.05, 3.63) is 210 Å². The van der Waals surface area contributed by atoms with Gasteiger partial charge in [-0.25, -0.2) is 0 Å². The van der Waals surface area contributed by atoms with E-state index in [9.17, 15) is 0 Å². The van der Waals surface area contributed by atoms with Gasteiger partial charge in [-0.3, -0.25) is 0 Å². The minimum atomic E-state index is 0.0627. The summed E-state index contributed by atoms with van der Waals surface area (Å²) in [6, 6.07) is 58.8. The lowest BCUT2D eigenvalue weighted by atomic mass is 9.83. The predicted octanol–water partition coefficient (Wildman–Crippen LogP) is 13.7. The first-order valence-electron chi connectivity index (χ1n) is 19.2. The normalized spacial score (nSPS) is 16.9. The summed E-state index contributed by atoms with van der Waals surface area (Å²) in [5.74, 6) is 1.25. The smallest absolute Gasteiger partial charge is 0.135 e. The quantitative estimate of drug-likeness (QED) is 0.172. The van der Waals surface area contributed by atoms with E-state index in [0.717, 1.165) is 46.8 Å². The number of nitrogens with zero attached hydrogens (tertiary/aromatic N) is 1. The summed E-state index contributed by atoms with van der Waals surface area (Å²) in [5, 5.41) is 2.43. The van der Waals surface area contributed by atoms with Crippen molar-refractivity contribution in [2.75, 3.05) is 4.90 Å². The van der Waals surface area contributed by atoms with Crippen LogP contribution in [-0.4, -0.2) is 6.10 Å². The number of anilines is 3. The Bertz CT molecular complexity index is 2820. The van der Waals surface area contributed by atoms with Crippen molar-refractivity contribution in [3.63, 3.8) is 0 Å². The Morgan fingerprint density at radius 2 is 1.22 bits per heavy atom. The van der Waals surface area contributed by atoms with Crippen LogP contribution in [0, 0.1) is 0 Å². The van der Waals surface area contributed by atoms with Crippen LogP contribution < -0.4 is 9.64 Å². The number of ether oxygens (including phenoxy) is 1. The summed E-state index contributed by atoms with van der Waals surface area (Å²) in [7, 11) is 0. The van der Waals surface area contributed by atoms with Gasteiger partial charge in [0.15, 0.2) is 0 Å². The van der Waals surface area contributed by atoms with Crippen molar-refractivity contribution in [3.8, 4) is 16.9 Å². The number of hydrogen-bond donors (Lipinski definition) is 0. The van der Waals surface area contributed by atoms with Crippen molar-refractivity contribution in [1.29, 1.82) is 0 Å². The van der Waals surface area contributed by atoms with Crippen molar-refractivity contribution in [2.24, 2.45) is 0 Å². The second-order valence-electron chi connectivity index (χ2n) is 14.7. The molecule has 0 amide bonds. The van der Waals surface area contributed by atoms with Gasteiger partial charge in [-0.1, -0.05) is 133 Å². The number of benzene rings is 7. The summed E-state index contributed by atoms with van der Waals surface area (Å²) in [4.78, 5) is 2.36. The van der Waals surface area contributed by atoms with Crippen LogP contribution in [-0.2, 0) is 6.42 Å². The van der Waals surface area contributed by atoms with E-state index in [0.29, 0.717) is 0 Å². The fraction of sp³-hybridized carbons (Fsp3) is 0.0769. The van der Waals surface area contributed by atoms with E-state index in [1.165, 1.54) is 60.9 Å². The van der Waals surface area contributed by atoms with Gasteiger partial charge in [0.25, 0.3) is 0 Å².